The van der Waals surface area contributed by atoms with Gasteiger partial charge in [-0.05, 0) is 24.8 Å². The van der Waals surface area contributed by atoms with Crippen LogP contribution in [-0.2, 0) is 6.42 Å². The lowest BCUT2D eigenvalue weighted by molar-refractivity contribution is 0.836. The molecule has 2 heterocycles. The van der Waals surface area contributed by atoms with Crippen molar-refractivity contribution in [2.24, 2.45) is 0 Å². The van der Waals surface area contributed by atoms with E-state index < -0.39 is 0 Å². The lowest BCUT2D eigenvalue weighted by Gasteiger charge is -2.10. The van der Waals surface area contributed by atoms with Crippen LogP contribution in [0, 0.1) is 6.92 Å². The summed E-state index contributed by atoms with van der Waals surface area (Å²) >= 11 is 1.65. The van der Waals surface area contributed by atoms with Crippen molar-refractivity contribution in [2.75, 3.05) is 11.1 Å². The van der Waals surface area contributed by atoms with E-state index >= 15 is 0 Å². The molecule has 2 rings (SSSR count). The molecule has 0 amide bonds. The van der Waals surface area contributed by atoms with Crippen molar-refractivity contribution in [3.63, 3.8) is 0 Å². The smallest absolute Gasteiger partial charge is 0.139 e. The molecule has 0 saturated carbocycles. The largest absolute Gasteiger partial charge is 0.383 e. The molecule has 0 unspecified atom stereocenters. The second-order valence-electron chi connectivity index (χ2n) is 3.89. The van der Waals surface area contributed by atoms with Gasteiger partial charge in [0.15, 0.2) is 0 Å². The van der Waals surface area contributed by atoms with Gasteiger partial charge in [-0.25, -0.2) is 9.97 Å². The summed E-state index contributed by atoms with van der Waals surface area (Å²) in [5.74, 6) is 2.16. The molecule has 2 aromatic heterocycles. The predicted molar refractivity (Wildman–Crippen MR) is 72.8 cm³/mol. The Balaban J connectivity index is 2.31. The molecule has 0 atom stereocenters. The van der Waals surface area contributed by atoms with E-state index in [4.69, 9.17) is 5.73 Å². The Morgan fingerprint density at radius 1 is 1.41 bits per heavy atom. The molecule has 90 valence electrons. The summed E-state index contributed by atoms with van der Waals surface area (Å²) in [7, 11) is 0. The van der Waals surface area contributed by atoms with Crippen LogP contribution >= 0.6 is 11.3 Å². The van der Waals surface area contributed by atoms with Crippen molar-refractivity contribution in [1.82, 2.24) is 9.97 Å². The van der Waals surface area contributed by atoms with Gasteiger partial charge in [0, 0.05) is 17.4 Å². The number of nitrogens with two attached hydrogens (primary N) is 1. The third-order valence-electron chi connectivity index (χ3n) is 2.49. The first-order chi connectivity index (χ1) is 8.20. The van der Waals surface area contributed by atoms with E-state index in [0.29, 0.717) is 5.82 Å². The summed E-state index contributed by atoms with van der Waals surface area (Å²) < 4.78 is 0. The van der Waals surface area contributed by atoms with Crippen LogP contribution in [0.1, 0.15) is 24.7 Å². The Morgan fingerprint density at radius 3 is 2.88 bits per heavy atom. The van der Waals surface area contributed by atoms with Crippen molar-refractivity contribution in [3.05, 3.63) is 28.2 Å². The number of anilines is 3. The Hall–Kier alpha value is -1.62. The van der Waals surface area contributed by atoms with Crippen LogP contribution in [0.2, 0.25) is 0 Å². The molecule has 5 heteroatoms. The molecule has 2 aromatic rings. The van der Waals surface area contributed by atoms with Gasteiger partial charge in [0.25, 0.3) is 0 Å². The molecule has 0 radical (unpaired) electrons. The number of hydrogen-bond donors (Lipinski definition) is 2. The molecule has 0 saturated heterocycles. The third kappa shape index (κ3) is 2.74. The van der Waals surface area contributed by atoms with Gasteiger partial charge in [0.1, 0.15) is 17.5 Å². The molecule has 3 N–H and O–H groups in total. The van der Waals surface area contributed by atoms with E-state index in [-0.39, 0.29) is 0 Å². The van der Waals surface area contributed by atoms with Crippen molar-refractivity contribution in [3.8, 4) is 0 Å². The van der Waals surface area contributed by atoms with Gasteiger partial charge in [0.05, 0.1) is 5.69 Å². The summed E-state index contributed by atoms with van der Waals surface area (Å²) in [4.78, 5) is 8.78. The van der Waals surface area contributed by atoms with Crippen LogP contribution in [0.25, 0.3) is 0 Å². The van der Waals surface area contributed by atoms with Crippen LogP contribution < -0.4 is 11.1 Å². The van der Waals surface area contributed by atoms with Gasteiger partial charge in [-0.15, -0.1) is 0 Å². The molecule has 17 heavy (non-hydrogen) atoms. The lowest BCUT2D eigenvalue weighted by atomic mass is 10.2. The first-order valence-electron chi connectivity index (χ1n) is 5.63. The first kappa shape index (κ1) is 11.9. The highest BCUT2D eigenvalue weighted by Gasteiger charge is 2.08. The van der Waals surface area contributed by atoms with Gasteiger partial charge in [-0.1, -0.05) is 6.92 Å². The van der Waals surface area contributed by atoms with Gasteiger partial charge in [-0.2, -0.15) is 11.3 Å². The van der Waals surface area contributed by atoms with E-state index in [9.17, 15) is 0 Å². The predicted octanol–water partition coefficient (Wildman–Crippen LogP) is 3.12. The van der Waals surface area contributed by atoms with E-state index in [1.807, 2.05) is 23.8 Å². The highest BCUT2D eigenvalue weighted by molar-refractivity contribution is 7.08. The number of aryl methyl sites for hydroxylation is 1. The molecule has 0 aromatic carbocycles. The molecule has 0 bridgehead atoms. The SMILES string of the molecule is CCCc1nc(N)c(C)c(Nc2ccsc2)n1. The van der Waals surface area contributed by atoms with E-state index in [0.717, 1.165) is 35.7 Å². The molecule has 0 aliphatic rings. The Bertz CT molecular complexity index is 493. The number of thiophene rings is 1. The fourth-order valence-corrected chi connectivity index (χ4v) is 2.10. The number of aromatic nitrogens is 2. The molecule has 0 spiro atoms. The Kier molecular flexibility index (Phi) is 3.58. The number of hydrogen-bond acceptors (Lipinski definition) is 5. The fraction of sp³-hybridized carbons (Fsp3) is 0.333. The molecule has 0 aliphatic carbocycles. The third-order valence-corrected chi connectivity index (χ3v) is 3.17. The molecule has 0 aliphatic heterocycles. The van der Waals surface area contributed by atoms with Crippen molar-refractivity contribution in [2.45, 2.75) is 26.7 Å². The average molecular weight is 248 g/mol. The van der Waals surface area contributed by atoms with Crippen LogP contribution in [0.4, 0.5) is 17.3 Å². The molecular formula is C12H16N4S. The normalized spacial score (nSPS) is 10.5. The second kappa shape index (κ2) is 5.14. The van der Waals surface area contributed by atoms with Gasteiger partial charge < -0.3 is 11.1 Å². The van der Waals surface area contributed by atoms with Gasteiger partial charge in [-0.3, -0.25) is 0 Å². The number of nitrogens with zero attached hydrogens (tertiary/aromatic N) is 2. The van der Waals surface area contributed by atoms with E-state index in [1.165, 1.54) is 0 Å². The Labute approximate surface area is 105 Å². The summed E-state index contributed by atoms with van der Waals surface area (Å²) in [6, 6.07) is 2.02. The molecule has 4 nitrogen and oxygen atoms in total. The minimum Gasteiger partial charge on any atom is -0.383 e. The molecule has 0 fully saturated rings. The minimum absolute atomic E-state index is 0.557. The topological polar surface area (TPSA) is 63.8 Å². The second-order valence-corrected chi connectivity index (χ2v) is 4.67. The maximum absolute atomic E-state index is 5.89. The highest BCUT2D eigenvalue weighted by Crippen LogP contribution is 2.23. The average Bonchev–Trinajstić information content (AvgIpc) is 2.78. The quantitative estimate of drug-likeness (QED) is 0.872. The molecular weight excluding hydrogens is 232 g/mol. The first-order valence-corrected chi connectivity index (χ1v) is 6.57. The van der Waals surface area contributed by atoms with Crippen LogP contribution in [0.3, 0.4) is 0 Å². The van der Waals surface area contributed by atoms with Crippen LogP contribution in [0.5, 0.6) is 0 Å². The highest BCUT2D eigenvalue weighted by atomic mass is 32.1. The van der Waals surface area contributed by atoms with Gasteiger partial charge >= 0.3 is 0 Å². The zero-order valence-corrected chi connectivity index (χ0v) is 10.8. The zero-order chi connectivity index (χ0) is 12.3. The van der Waals surface area contributed by atoms with Crippen molar-refractivity contribution >= 4 is 28.7 Å². The van der Waals surface area contributed by atoms with Gasteiger partial charge in [0.2, 0.25) is 0 Å². The Morgan fingerprint density at radius 2 is 2.24 bits per heavy atom. The minimum atomic E-state index is 0.557. The summed E-state index contributed by atoms with van der Waals surface area (Å²) in [6.45, 7) is 4.03. The van der Waals surface area contributed by atoms with Crippen molar-refractivity contribution in [1.29, 1.82) is 0 Å². The maximum Gasteiger partial charge on any atom is 0.139 e. The maximum atomic E-state index is 5.89. The summed E-state index contributed by atoms with van der Waals surface area (Å²) in [6.07, 6.45) is 1.86. The summed E-state index contributed by atoms with van der Waals surface area (Å²) in [5, 5.41) is 7.33. The van der Waals surface area contributed by atoms with Crippen molar-refractivity contribution < 1.29 is 0 Å². The fourth-order valence-electron chi connectivity index (χ4n) is 1.51. The van der Waals surface area contributed by atoms with Crippen LogP contribution in [-0.4, -0.2) is 9.97 Å². The number of nitrogens with one attached hydrogen (secondary N) is 1. The number of rotatable bonds is 4. The van der Waals surface area contributed by atoms with E-state index in [1.54, 1.807) is 11.3 Å². The zero-order valence-electron chi connectivity index (χ0n) is 10.0. The van der Waals surface area contributed by atoms with Crippen LogP contribution in [0.15, 0.2) is 16.8 Å². The lowest BCUT2D eigenvalue weighted by Crippen LogP contribution is -2.06. The standard InChI is InChI=1S/C12H16N4S/c1-3-4-10-15-11(13)8(2)12(16-10)14-9-5-6-17-7-9/h5-7H,3-4H2,1-2H3,(H3,13,14,15,16). The monoisotopic (exact) mass is 248 g/mol. The summed E-state index contributed by atoms with van der Waals surface area (Å²) in [5.41, 5.74) is 7.83. The number of nitrogen functional groups attached to an aromatic ring is 1. The van der Waals surface area contributed by atoms with E-state index in [2.05, 4.69) is 22.2 Å².